The molecule has 2 nitrogen and oxygen atoms in total. The molecule has 0 bridgehead atoms. The lowest BCUT2D eigenvalue weighted by atomic mass is 10.0. The molecule has 1 N–H and O–H groups in total. The van der Waals surface area contributed by atoms with E-state index in [9.17, 15) is 0 Å². The van der Waals surface area contributed by atoms with Crippen LogP contribution in [0.25, 0.3) is 0 Å². The number of ether oxygens (including phenoxy) is 1. The number of aliphatic hydroxyl groups excluding tert-OH is 1. The average molecular weight is 300 g/mol. The van der Waals surface area contributed by atoms with Crippen molar-refractivity contribution in [1.82, 2.24) is 0 Å². The van der Waals surface area contributed by atoms with Crippen LogP contribution in [-0.2, 0) is 4.74 Å². The van der Waals surface area contributed by atoms with Crippen molar-refractivity contribution in [3.63, 3.8) is 0 Å². The van der Waals surface area contributed by atoms with Gasteiger partial charge in [0.2, 0.25) is 0 Å². The van der Waals surface area contributed by atoms with E-state index in [-0.39, 0.29) is 0 Å². The summed E-state index contributed by atoms with van der Waals surface area (Å²) in [5.74, 6) is 0. The SMILES string of the molecule is CCCCCCCCCCCCCCCCOCC[CH]O. The zero-order valence-electron chi connectivity index (χ0n) is 14.5. The molecule has 0 fully saturated rings. The van der Waals surface area contributed by atoms with E-state index in [1.165, 1.54) is 96.5 Å². The van der Waals surface area contributed by atoms with Crippen LogP contribution in [0.15, 0.2) is 0 Å². The lowest BCUT2D eigenvalue weighted by molar-refractivity contribution is 0.124. The Labute approximate surface area is 133 Å². The molecule has 0 saturated carbocycles. The van der Waals surface area contributed by atoms with Gasteiger partial charge in [0.1, 0.15) is 0 Å². The van der Waals surface area contributed by atoms with Crippen LogP contribution in [0.3, 0.4) is 0 Å². The van der Waals surface area contributed by atoms with Crippen molar-refractivity contribution in [3.05, 3.63) is 6.61 Å². The highest BCUT2D eigenvalue weighted by Gasteiger charge is 1.94. The molecule has 0 aromatic carbocycles. The van der Waals surface area contributed by atoms with Crippen LogP contribution < -0.4 is 0 Å². The molecular weight excluding hydrogens is 260 g/mol. The highest BCUT2D eigenvalue weighted by molar-refractivity contribution is 4.49. The fraction of sp³-hybridized carbons (Fsp3) is 0.947. The second-order valence-electron chi connectivity index (χ2n) is 6.18. The Morgan fingerprint density at radius 2 is 1.05 bits per heavy atom. The molecule has 0 aromatic heterocycles. The number of unbranched alkanes of at least 4 members (excludes halogenated alkanes) is 13. The average Bonchev–Trinajstić information content (AvgIpc) is 2.50. The summed E-state index contributed by atoms with van der Waals surface area (Å²) >= 11 is 0. The molecular formula is C19H39O2. The quantitative estimate of drug-likeness (QED) is 0.296. The molecule has 0 unspecified atom stereocenters. The van der Waals surface area contributed by atoms with Gasteiger partial charge in [0, 0.05) is 13.2 Å². The molecule has 0 aliphatic heterocycles. The first-order valence-electron chi connectivity index (χ1n) is 9.45. The minimum absolute atomic E-state index is 0.651. The van der Waals surface area contributed by atoms with E-state index in [0.717, 1.165) is 6.61 Å². The normalized spacial score (nSPS) is 11.1. The summed E-state index contributed by atoms with van der Waals surface area (Å²) < 4.78 is 5.39. The van der Waals surface area contributed by atoms with Crippen LogP contribution in [0.4, 0.5) is 0 Å². The van der Waals surface area contributed by atoms with Crippen LogP contribution in [0.2, 0.25) is 0 Å². The highest BCUT2D eigenvalue weighted by atomic mass is 16.5. The third-order valence-corrected chi connectivity index (χ3v) is 4.03. The topological polar surface area (TPSA) is 29.5 Å². The van der Waals surface area contributed by atoms with Gasteiger partial charge in [0.25, 0.3) is 0 Å². The third kappa shape index (κ3) is 19.9. The Kier molecular flexibility index (Phi) is 19.8. The molecule has 1 radical (unpaired) electrons. The predicted molar refractivity (Wildman–Crippen MR) is 92.0 cm³/mol. The molecule has 0 atom stereocenters. The van der Waals surface area contributed by atoms with Gasteiger partial charge in [0.15, 0.2) is 0 Å². The van der Waals surface area contributed by atoms with E-state index in [4.69, 9.17) is 9.84 Å². The second-order valence-corrected chi connectivity index (χ2v) is 6.18. The van der Waals surface area contributed by atoms with Crippen molar-refractivity contribution < 1.29 is 9.84 Å². The number of hydrogen-bond donors (Lipinski definition) is 1. The van der Waals surface area contributed by atoms with E-state index in [0.29, 0.717) is 13.0 Å². The monoisotopic (exact) mass is 299 g/mol. The molecule has 0 amide bonds. The highest BCUT2D eigenvalue weighted by Crippen LogP contribution is 2.12. The zero-order chi connectivity index (χ0) is 15.4. The Balaban J connectivity index is 2.90. The van der Waals surface area contributed by atoms with Crippen LogP contribution >= 0.6 is 0 Å². The van der Waals surface area contributed by atoms with Gasteiger partial charge in [0.05, 0.1) is 6.61 Å². The number of rotatable bonds is 18. The molecule has 2 heteroatoms. The fourth-order valence-corrected chi connectivity index (χ4v) is 2.64. The summed E-state index contributed by atoms with van der Waals surface area (Å²) in [5, 5.41) is 8.49. The summed E-state index contributed by atoms with van der Waals surface area (Å²) in [6.45, 7) is 4.97. The molecule has 0 aliphatic carbocycles. The molecule has 0 heterocycles. The molecule has 0 aromatic rings. The standard InChI is InChI=1S/C19H39O2/c1-2-3-4-5-6-7-8-9-10-11-12-13-14-15-18-21-19-16-17-20/h17,20H,2-16,18-19H2,1H3. The van der Waals surface area contributed by atoms with Crippen LogP contribution in [0.5, 0.6) is 0 Å². The molecule has 0 spiro atoms. The second kappa shape index (κ2) is 19.9. The first-order valence-corrected chi connectivity index (χ1v) is 9.45. The molecule has 0 saturated heterocycles. The Hall–Kier alpha value is -0.0800. The Bertz CT molecular complexity index is 153. The fourth-order valence-electron chi connectivity index (χ4n) is 2.64. The zero-order valence-corrected chi connectivity index (χ0v) is 14.5. The summed E-state index contributed by atoms with van der Waals surface area (Å²) in [6.07, 6.45) is 20.2. The molecule has 21 heavy (non-hydrogen) atoms. The Morgan fingerprint density at radius 1 is 0.619 bits per heavy atom. The van der Waals surface area contributed by atoms with Crippen molar-refractivity contribution in [1.29, 1.82) is 0 Å². The van der Waals surface area contributed by atoms with Gasteiger partial charge in [-0.05, 0) is 12.8 Å². The maximum atomic E-state index is 8.49. The van der Waals surface area contributed by atoms with Crippen LogP contribution in [0.1, 0.15) is 103 Å². The smallest absolute Gasteiger partial charge is 0.0821 e. The van der Waals surface area contributed by atoms with Crippen molar-refractivity contribution in [3.8, 4) is 0 Å². The van der Waals surface area contributed by atoms with Crippen molar-refractivity contribution in [2.75, 3.05) is 13.2 Å². The molecule has 0 aliphatic rings. The predicted octanol–water partition coefficient (Wildman–Crippen LogP) is 6.41. The van der Waals surface area contributed by atoms with Gasteiger partial charge in [-0.2, -0.15) is 0 Å². The number of aliphatic hydroxyl groups is 1. The third-order valence-electron chi connectivity index (χ3n) is 4.03. The van der Waals surface area contributed by atoms with Crippen molar-refractivity contribution >= 4 is 0 Å². The molecule has 127 valence electrons. The van der Waals surface area contributed by atoms with Gasteiger partial charge in [-0.1, -0.05) is 90.4 Å². The Morgan fingerprint density at radius 3 is 1.48 bits per heavy atom. The van der Waals surface area contributed by atoms with E-state index < -0.39 is 0 Å². The van der Waals surface area contributed by atoms with Crippen molar-refractivity contribution in [2.24, 2.45) is 0 Å². The van der Waals surface area contributed by atoms with Gasteiger partial charge in [-0.25, -0.2) is 0 Å². The van der Waals surface area contributed by atoms with E-state index in [1.54, 1.807) is 0 Å². The van der Waals surface area contributed by atoms with Gasteiger partial charge < -0.3 is 9.84 Å². The number of hydrogen-bond acceptors (Lipinski definition) is 2. The van der Waals surface area contributed by atoms with Gasteiger partial charge in [-0.15, -0.1) is 0 Å². The maximum Gasteiger partial charge on any atom is 0.0821 e. The summed E-state index contributed by atoms with van der Waals surface area (Å²) in [6, 6.07) is 0. The summed E-state index contributed by atoms with van der Waals surface area (Å²) in [4.78, 5) is 0. The largest absolute Gasteiger partial charge is 0.390 e. The first kappa shape index (κ1) is 20.9. The van der Waals surface area contributed by atoms with Gasteiger partial charge in [-0.3, -0.25) is 0 Å². The van der Waals surface area contributed by atoms with Crippen LogP contribution in [-0.4, -0.2) is 18.3 Å². The summed E-state index contributed by atoms with van der Waals surface area (Å²) in [7, 11) is 0. The lowest BCUT2D eigenvalue weighted by Crippen LogP contribution is -1.97. The van der Waals surface area contributed by atoms with Gasteiger partial charge >= 0.3 is 0 Å². The first-order chi connectivity index (χ1) is 10.4. The summed E-state index contributed by atoms with van der Waals surface area (Å²) in [5.41, 5.74) is 0. The van der Waals surface area contributed by atoms with E-state index >= 15 is 0 Å². The lowest BCUT2D eigenvalue weighted by Gasteiger charge is -2.04. The minimum Gasteiger partial charge on any atom is -0.390 e. The molecule has 0 rings (SSSR count). The van der Waals surface area contributed by atoms with Crippen LogP contribution in [0, 0.1) is 6.61 Å². The van der Waals surface area contributed by atoms with E-state index in [2.05, 4.69) is 6.92 Å². The maximum absolute atomic E-state index is 8.49. The van der Waals surface area contributed by atoms with E-state index in [1.807, 2.05) is 0 Å². The van der Waals surface area contributed by atoms with Crippen molar-refractivity contribution in [2.45, 2.75) is 103 Å². The minimum atomic E-state index is 0.651.